The molecule has 1 atom stereocenters. The molecule has 0 aliphatic rings. The average Bonchev–Trinajstić information content (AvgIpc) is 3.12. The topological polar surface area (TPSA) is 69.0 Å². The summed E-state index contributed by atoms with van der Waals surface area (Å²) < 4.78 is 7.39. The lowest BCUT2D eigenvalue weighted by Gasteiger charge is -2.14. The Morgan fingerprint density at radius 1 is 1.24 bits per heavy atom. The van der Waals surface area contributed by atoms with Gasteiger partial charge in [0.25, 0.3) is 0 Å². The fourth-order valence-electron chi connectivity index (χ4n) is 2.79. The van der Waals surface area contributed by atoms with Gasteiger partial charge in [-0.1, -0.05) is 47.7 Å². The molecule has 0 unspecified atom stereocenters. The normalized spacial score (nSPS) is 11.7. The summed E-state index contributed by atoms with van der Waals surface area (Å²) in [5.41, 5.74) is 2.76. The van der Waals surface area contributed by atoms with Crippen molar-refractivity contribution in [1.82, 2.24) is 14.8 Å². The maximum Gasteiger partial charge on any atom is 0.237 e. The second-order valence-electron chi connectivity index (χ2n) is 6.52. The highest BCUT2D eigenvalue weighted by Crippen LogP contribution is 2.32. The molecule has 1 amide bonds. The molecule has 29 heavy (non-hydrogen) atoms. The van der Waals surface area contributed by atoms with Crippen LogP contribution in [0.25, 0.3) is 11.4 Å². The lowest BCUT2D eigenvalue weighted by molar-refractivity contribution is -0.115. The highest BCUT2D eigenvalue weighted by Gasteiger charge is 2.21. The summed E-state index contributed by atoms with van der Waals surface area (Å²) >= 11 is 1.36. The van der Waals surface area contributed by atoms with Gasteiger partial charge in [0.15, 0.2) is 11.0 Å². The van der Waals surface area contributed by atoms with E-state index in [4.69, 9.17) is 4.74 Å². The molecule has 0 radical (unpaired) electrons. The van der Waals surface area contributed by atoms with Gasteiger partial charge in [0, 0.05) is 12.2 Å². The highest BCUT2D eigenvalue weighted by atomic mass is 32.2. The number of carbonyl (C=O) groups excluding carboxylic acids is 1. The van der Waals surface area contributed by atoms with Crippen LogP contribution >= 0.6 is 11.8 Å². The summed E-state index contributed by atoms with van der Waals surface area (Å²) in [6.07, 6.45) is 1.78. The van der Waals surface area contributed by atoms with Crippen molar-refractivity contribution in [2.75, 3.05) is 12.4 Å². The van der Waals surface area contributed by atoms with Crippen LogP contribution in [0.2, 0.25) is 0 Å². The van der Waals surface area contributed by atoms with Crippen molar-refractivity contribution in [2.45, 2.75) is 30.8 Å². The first-order valence-electron chi connectivity index (χ1n) is 9.25. The molecule has 1 N–H and O–H groups in total. The number of nitrogens with zero attached hydrogens (tertiary/aromatic N) is 3. The molecule has 150 valence electrons. The monoisotopic (exact) mass is 408 g/mol. The fraction of sp³-hybridized carbons (Fsp3) is 0.227. The minimum absolute atomic E-state index is 0.0918. The maximum absolute atomic E-state index is 12.6. The summed E-state index contributed by atoms with van der Waals surface area (Å²) in [7, 11) is 1.63. The Balaban J connectivity index is 1.81. The molecule has 0 fully saturated rings. The van der Waals surface area contributed by atoms with E-state index in [1.165, 1.54) is 11.8 Å². The number of benzene rings is 2. The van der Waals surface area contributed by atoms with Crippen LogP contribution in [0.1, 0.15) is 12.5 Å². The van der Waals surface area contributed by atoms with Gasteiger partial charge in [0.05, 0.1) is 17.9 Å². The molecule has 0 aliphatic heterocycles. The van der Waals surface area contributed by atoms with Gasteiger partial charge >= 0.3 is 0 Å². The Hall–Kier alpha value is -3.06. The number of aryl methyl sites for hydroxylation is 1. The SMILES string of the molecule is C=CCn1c(S[C@H](C)C(=O)Nc2ccc(C)cc2)nnc1-c1ccccc1OC. The van der Waals surface area contributed by atoms with Crippen molar-refractivity contribution in [3.8, 4) is 17.1 Å². The minimum atomic E-state index is -0.352. The zero-order valence-electron chi connectivity index (χ0n) is 16.8. The smallest absolute Gasteiger partial charge is 0.237 e. The number of thioether (sulfide) groups is 1. The van der Waals surface area contributed by atoms with Gasteiger partial charge in [-0.05, 0) is 38.1 Å². The van der Waals surface area contributed by atoms with Crippen molar-refractivity contribution in [3.05, 3.63) is 66.7 Å². The largest absolute Gasteiger partial charge is 0.496 e. The first kappa shape index (κ1) is 20.7. The van der Waals surface area contributed by atoms with Gasteiger partial charge in [-0.15, -0.1) is 16.8 Å². The maximum atomic E-state index is 12.6. The third kappa shape index (κ3) is 4.86. The Morgan fingerprint density at radius 3 is 2.66 bits per heavy atom. The van der Waals surface area contributed by atoms with Crippen LogP contribution in [-0.4, -0.2) is 33.0 Å². The summed E-state index contributed by atoms with van der Waals surface area (Å²) in [5.74, 6) is 1.30. The van der Waals surface area contributed by atoms with Crippen LogP contribution < -0.4 is 10.1 Å². The Morgan fingerprint density at radius 2 is 1.97 bits per heavy atom. The van der Waals surface area contributed by atoms with Gasteiger partial charge in [-0.2, -0.15) is 0 Å². The van der Waals surface area contributed by atoms with E-state index in [9.17, 15) is 4.79 Å². The van der Waals surface area contributed by atoms with E-state index in [-0.39, 0.29) is 11.2 Å². The van der Waals surface area contributed by atoms with Crippen molar-refractivity contribution in [1.29, 1.82) is 0 Å². The fourth-order valence-corrected chi connectivity index (χ4v) is 3.65. The number of hydrogen-bond donors (Lipinski definition) is 1. The Bertz CT molecular complexity index is 998. The summed E-state index contributed by atoms with van der Waals surface area (Å²) in [4.78, 5) is 12.6. The Labute approximate surface area is 175 Å². The second kappa shape index (κ2) is 9.43. The Kier molecular flexibility index (Phi) is 6.72. The molecule has 7 heteroatoms. The molecule has 6 nitrogen and oxygen atoms in total. The molecular weight excluding hydrogens is 384 g/mol. The van der Waals surface area contributed by atoms with E-state index in [0.717, 1.165) is 16.8 Å². The van der Waals surface area contributed by atoms with Gasteiger partial charge in [-0.3, -0.25) is 9.36 Å². The number of anilines is 1. The number of amides is 1. The summed E-state index contributed by atoms with van der Waals surface area (Å²) in [5, 5.41) is 11.9. The quantitative estimate of drug-likeness (QED) is 0.437. The molecule has 0 saturated carbocycles. The molecule has 0 saturated heterocycles. The number of rotatable bonds is 8. The van der Waals surface area contributed by atoms with E-state index in [1.807, 2.05) is 66.9 Å². The van der Waals surface area contributed by atoms with E-state index in [0.29, 0.717) is 23.3 Å². The molecule has 3 aromatic rings. The lowest BCUT2D eigenvalue weighted by atomic mass is 10.2. The molecule has 0 aliphatic carbocycles. The third-order valence-corrected chi connectivity index (χ3v) is 5.43. The van der Waals surface area contributed by atoms with Gasteiger partial charge < -0.3 is 10.1 Å². The van der Waals surface area contributed by atoms with Crippen LogP contribution in [0.3, 0.4) is 0 Å². The number of aromatic nitrogens is 3. The third-order valence-electron chi connectivity index (χ3n) is 4.35. The first-order valence-corrected chi connectivity index (χ1v) is 10.1. The molecule has 2 aromatic carbocycles. The molecule has 0 spiro atoms. The molecule has 1 heterocycles. The van der Waals surface area contributed by atoms with E-state index < -0.39 is 0 Å². The van der Waals surface area contributed by atoms with Crippen molar-refractivity contribution < 1.29 is 9.53 Å². The lowest BCUT2D eigenvalue weighted by Crippen LogP contribution is -2.23. The average molecular weight is 409 g/mol. The number of methoxy groups -OCH3 is 1. The van der Waals surface area contributed by atoms with Crippen molar-refractivity contribution in [2.24, 2.45) is 0 Å². The second-order valence-corrected chi connectivity index (χ2v) is 7.83. The van der Waals surface area contributed by atoms with Crippen LogP contribution in [-0.2, 0) is 11.3 Å². The first-order chi connectivity index (χ1) is 14.0. The number of hydrogen-bond acceptors (Lipinski definition) is 5. The summed E-state index contributed by atoms with van der Waals surface area (Å²) in [6.45, 7) is 8.22. The molecule has 0 bridgehead atoms. The highest BCUT2D eigenvalue weighted by molar-refractivity contribution is 8.00. The van der Waals surface area contributed by atoms with Crippen LogP contribution in [0.15, 0.2) is 66.3 Å². The van der Waals surface area contributed by atoms with Gasteiger partial charge in [-0.25, -0.2) is 0 Å². The molecular formula is C22H24N4O2S. The molecule has 1 aromatic heterocycles. The standard InChI is InChI=1S/C22H24N4O2S/c1-5-14-26-20(18-8-6-7-9-19(18)28-4)24-25-22(26)29-16(3)21(27)23-17-12-10-15(2)11-13-17/h5-13,16H,1,14H2,2-4H3,(H,23,27)/t16-/m1/s1. The predicted octanol–water partition coefficient (Wildman–Crippen LogP) is 4.57. The number of ether oxygens (including phenoxy) is 1. The number of allylic oxidation sites excluding steroid dienone is 1. The van der Waals surface area contributed by atoms with Crippen LogP contribution in [0.4, 0.5) is 5.69 Å². The van der Waals surface area contributed by atoms with E-state index >= 15 is 0 Å². The zero-order chi connectivity index (χ0) is 20.8. The number of para-hydroxylation sites is 1. The zero-order valence-corrected chi connectivity index (χ0v) is 17.6. The van der Waals surface area contributed by atoms with Crippen LogP contribution in [0, 0.1) is 6.92 Å². The van der Waals surface area contributed by atoms with Crippen molar-refractivity contribution in [3.63, 3.8) is 0 Å². The number of nitrogens with one attached hydrogen (secondary N) is 1. The van der Waals surface area contributed by atoms with Crippen molar-refractivity contribution >= 4 is 23.4 Å². The van der Waals surface area contributed by atoms with Gasteiger partial charge in [0.2, 0.25) is 5.91 Å². The number of carbonyl (C=O) groups is 1. The summed E-state index contributed by atoms with van der Waals surface area (Å²) in [6, 6.07) is 15.4. The van der Waals surface area contributed by atoms with Crippen LogP contribution in [0.5, 0.6) is 5.75 Å². The molecule has 3 rings (SSSR count). The van der Waals surface area contributed by atoms with E-state index in [1.54, 1.807) is 13.2 Å². The van der Waals surface area contributed by atoms with Gasteiger partial charge in [0.1, 0.15) is 5.75 Å². The van der Waals surface area contributed by atoms with E-state index in [2.05, 4.69) is 22.1 Å². The predicted molar refractivity (Wildman–Crippen MR) is 117 cm³/mol. The minimum Gasteiger partial charge on any atom is -0.496 e.